The SMILES string of the molecule is CCCCCCCCCCCCCCCCCCCCCC(=O)OCC(O)COc1c(C)c(C)c2c(c1C)CC[C@@](C)(CCC[C@H](C)CCC[C@H](C)CCCC(C)C)O2. The maximum Gasteiger partial charge on any atom is 0.305 e. The fraction of sp³-hybridized carbons (Fsp3) is 0.870. The smallest absolute Gasteiger partial charge is 0.305 e. The molecule has 59 heavy (non-hydrogen) atoms. The Morgan fingerprint density at radius 3 is 1.61 bits per heavy atom. The minimum atomic E-state index is -0.862. The van der Waals surface area contributed by atoms with E-state index in [1.54, 1.807) is 0 Å². The number of carbonyl (C=O) groups excluding carboxylic acids is 1. The van der Waals surface area contributed by atoms with Crippen LogP contribution in [-0.2, 0) is 16.0 Å². The van der Waals surface area contributed by atoms with Crippen molar-refractivity contribution < 1.29 is 24.1 Å². The van der Waals surface area contributed by atoms with E-state index >= 15 is 0 Å². The van der Waals surface area contributed by atoms with Crippen molar-refractivity contribution in [3.8, 4) is 11.5 Å². The van der Waals surface area contributed by atoms with E-state index in [-0.39, 0.29) is 24.8 Å². The largest absolute Gasteiger partial charge is 0.490 e. The minimum Gasteiger partial charge on any atom is -0.490 e. The third-order valence-electron chi connectivity index (χ3n) is 13.7. The van der Waals surface area contributed by atoms with Gasteiger partial charge in [0.2, 0.25) is 0 Å². The van der Waals surface area contributed by atoms with Crippen molar-refractivity contribution in [1.82, 2.24) is 0 Å². The predicted molar refractivity (Wildman–Crippen MR) is 253 cm³/mol. The molecule has 0 radical (unpaired) electrons. The molecule has 1 aromatic rings. The molecule has 2 rings (SSSR count). The Balaban J connectivity index is 1.56. The Kier molecular flexibility index (Phi) is 29.0. The van der Waals surface area contributed by atoms with Crippen LogP contribution in [0.5, 0.6) is 11.5 Å². The molecule has 0 aliphatic carbocycles. The molecule has 5 heteroatoms. The van der Waals surface area contributed by atoms with Crippen molar-refractivity contribution in [3.63, 3.8) is 0 Å². The maximum absolute atomic E-state index is 12.4. The summed E-state index contributed by atoms with van der Waals surface area (Å²) in [5.74, 6) is 4.09. The van der Waals surface area contributed by atoms with Gasteiger partial charge in [0.05, 0.1) is 0 Å². The highest BCUT2D eigenvalue weighted by Gasteiger charge is 2.34. The molecule has 344 valence electrons. The average Bonchev–Trinajstić information content (AvgIpc) is 3.19. The zero-order valence-corrected chi connectivity index (χ0v) is 40.7. The lowest BCUT2D eigenvalue weighted by atomic mass is 9.83. The van der Waals surface area contributed by atoms with Crippen molar-refractivity contribution in [2.75, 3.05) is 13.2 Å². The van der Waals surface area contributed by atoms with Crippen LogP contribution in [0.2, 0.25) is 0 Å². The Morgan fingerprint density at radius 1 is 0.627 bits per heavy atom. The van der Waals surface area contributed by atoms with Crippen LogP contribution in [0.3, 0.4) is 0 Å². The summed E-state index contributed by atoms with van der Waals surface area (Å²) >= 11 is 0. The third-order valence-corrected chi connectivity index (χ3v) is 13.7. The summed E-state index contributed by atoms with van der Waals surface area (Å²) in [7, 11) is 0. The lowest BCUT2D eigenvalue weighted by Crippen LogP contribution is -2.37. The van der Waals surface area contributed by atoms with Gasteiger partial charge in [0.15, 0.2) is 0 Å². The first-order valence-electron chi connectivity index (χ1n) is 25.6. The van der Waals surface area contributed by atoms with Crippen LogP contribution in [0.25, 0.3) is 0 Å². The average molecular weight is 827 g/mol. The van der Waals surface area contributed by atoms with Crippen LogP contribution in [0.15, 0.2) is 0 Å². The quantitative estimate of drug-likeness (QED) is 0.0535. The van der Waals surface area contributed by atoms with Gasteiger partial charge >= 0.3 is 5.97 Å². The number of aliphatic hydroxyl groups excluding tert-OH is 1. The van der Waals surface area contributed by atoms with Crippen molar-refractivity contribution >= 4 is 5.97 Å². The van der Waals surface area contributed by atoms with Gasteiger partial charge in [-0.05, 0) is 94.2 Å². The molecule has 1 aliphatic heterocycles. The lowest BCUT2D eigenvalue weighted by molar-refractivity contribution is -0.147. The number of hydrogen-bond donors (Lipinski definition) is 1. The van der Waals surface area contributed by atoms with E-state index in [4.69, 9.17) is 14.2 Å². The normalized spacial score (nSPS) is 16.8. The number of aliphatic hydroxyl groups is 1. The van der Waals surface area contributed by atoms with Gasteiger partial charge in [-0.3, -0.25) is 4.79 Å². The standard InChI is InChI=1S/C54H98O5/c1-10-11-12-13-14-15-16-17-18-19-20-21-22-23-24-25-26-27-28-37-51(56)57-41-49(55)42-58-52-46(6)47(7)53-50(48(52)8)38-40-54(9,59-53)39-31-36-45(5)35-30-34-44(4)33-29-32-43(2)3/h43-45,49,55H,10-42H2,1-9H3/t44-,45-,49?,54-/m1/s1. The van der Waals surface area contributed by atoms with E-state index in [2.05, 4.69) is 62.3 Å². The van der Waals surface area contributed by atoms with Crippen molar-refractivity contribution in [1.29, 1.82) is 0 Å². The summed E-state index contributed by atoms with van der Waals surface area (Å²) < 4.78 is 18.5. The first-order valence-corrected chi connectivity index (χ1v) is 25.6. The van der Waals surface area contributed by atoms with Gasteiger partial charge in [-0.2, -0.15) is 0 Å². The molecule has 0 amide bonds. The summed E-state index contributed by atoms with van der Waals surface area (Å²) in [6.07, 6.45) is 38.7. The number of ether oxygens (including phenoxy) is 3. The van der Waals surface area contributed by atoms with E-state index in [0.717, 1.165) is 78.0 Å². The van der Waals surface area contributed by atoms with Gasteiger partial charge in [0.1, 0.15) is 36.4 Å². The van der Waals surface area contributed by atoms with E-state index < -0.39 is 6.10 Å². The highest BCUT2D eigenvalue weighted by Crippen LogP contribution is 2.45. The number of rotatable bonds is 37. The number of fused-ring (bicyclic) bond motifs is 1. The molecule has 0 aromatic heterocycles. The van der Waals surface area contributed by atoms with Crippen LogP contribution in [-0.4, -0.2) is 36.0 Å². The maximum atomic E-state index is 12.4. The van der Waals surface area contributed by atoms with Crippen molar-refractivity contribution in [3.05, 3.63) is 22.3 Å². The van der Waals surface area contributed by atoms with Gasteiger partial charge in [-0.15, -0.1) is 0 Å². The van der Waals surface area contributed by atoms with Gasteiger partial charge in [-0.1, -0.05) is 195 Å². The molecule has 0 saturated carbocycles. The van der Waals surface area contributed by atoms with Crippen molar-refractivity contribution in [2.45, 2.75) is 273 Å². The minimum absolute atomic E-state index is 0.0301. The summed E-state index contributed by atoms with van der Waals surface area (Å²) in [5.41, 5.74) is 4.38. The number of unbranched alkanes of at least 4 members (excludes halogenated alkanes) is 18. The molecule has 4 atom stereocenters. The molecule has 0 spiro atoms. The number of hydrogen-bond acceptors (Lipinski definition) is 5. The number of carbonyl (C=O) groups is 1. The topological polar surface area (TPSA) is 65.0 Å². The van der Waals surface area contributed by atoms with E-state index in [0.29, 0.717) is 6.42 Å². The Labute approximate surface area is 366 Å². The molecular formula is C54H98O5. The van der Waals surface area contributed by atoms with Crippen LogP contribution >= 0.6 is 0 Å². The van der Waals surface area contributed by atoms with Crippen molar-refractivity contribution in [2.24, 2.45) is 17.8 Å². The zero-order valence-electron chi connectivity index (χ0n) is 40.7. The highest BCUT2D eigenvalue weighted by molar-refractivity contribution is 5.69. The summed E-state index contributed by atoms with van der Waals surface area (Å²) in [6, 6.07) is 0. The molecule has 1 aliphatic rings. The number of esters is 1. The third kappa shape index (κ3) is 23.9. The zero-order chi connectivity index (χ0) is 43.3. The van der Waals surface area contributed by atoms with Crippen LogP contribution < -0.4 is 9.47 Å². The predicted octanol–water partition coefficient (Wildman–Crippen LogP) is 16.2. The van der Waals surface area contributed by atoms with Gasteiger partial charge in [0, 0.05) is 12.0 Å². The second kappa shape index (κ2) is 32.0. The van der Waals surface area contributed by atoms with Gasteiger partial charge in [0.25, 0.3) is 0 Å². The first-order chi connectivity index (χ1) is 28.4. The van der Waals surface area contributed by atoms with E-state index in [9.17, 15) is 9.90 Å². The molecule has 5 nitrogen and oxygen atoms in total. The van der Waals surface area contributed by atoms with Crippen LogP contribution in [0.1, 0.15) is 256 Å². The molecule has 1 unspecified atom stereocenters. The fourth-order valence-electron chi connectivity index (χ4n) is 9.31. The highest BCUT2D eigenvalue weighted by atomic mass is 16.5. The molecule has 0 saturated heterocycles. The van der Waals surface area contributed by atoms with Crippen LogP contribution in [0.4, 0.5) is 0 Å². The second-order valence-electron chi connectivity index (χ2n) is 20.2. The van der Waals surface area contributed by atoms with Gasteiger partial charge < -0.3 is 19.3 Å². The molecular weight excluding hydrogens is 729 g/mol. The van der Waals surface area contributed by atoms with E-state index in [1.807, 2.05) is 0 Å². The fourth-order valence-corrected chi connectivity index (χ4v) is 9.31. The van der Waals surface area contributed by atoms with E-state index in [1.165, 1.54) is 166 Å². The van der Waals surface area contributed by atoms with Crippen LogP contribution in [0, 0.1) is 38.5 Å². The Morgan fingerprint density at radius 2 is 1.10 bits per heavy atom. The molecule has 1 aromatic carbocycles. The Bertz CT molecular complexity index is 1220. The summed E-state index contributed by atoms with van der Waals surface area (Å²) in [6.45, 7) is 20.5. The molecule has 0 bridgehead atoms. The molecule has 1 heterocycles. The number of benzene rings is 1. The van der Waals surface area contributed by atoms with Gasteiger partial charge in [-0.25, -0.2) is 0 Å². The Hall–Kier alpha value is -1.75. The summed E-state index contributed by atoms with van der Waals surface area (Å²) in [4.78, 5) is 12.4. The first kappa shape index (κ1) is 53.4. The second-order valence-corrected chi connectivity index (χ2v) is 20.2. The molecule has 1 N–H and O–H groups in total. The monoisotopic (exact) mass is 827 g/mol. The molecule has 0 fully saturated rings. The summed E-state index contributed by atoms with van der Waals surface area (Å²) in [5, 5.41) is 10.7. The lowest BCUT2D eigenvalue weighted by Gasteiger charge is -2.38.